The molecule has 0 spiro atoms. The van der Waals surface area contributed by atoms with Gasteiger partial charge in [0.2, 0.25) is 0 Å². The third-order valence-electron chi connectivity index (χ3n) is 2.20. The number of hydrogen-bond acceptors (Lipinski definition) is 4. The third-order valence-corrected chi connectivity index (χ3v) is 4.53. The fourth-order valence-corrected chi connectivity index (χ4v) is 3.06. The summed E-state index contributed by atoms with van der Waals surface area (Å²) in [6.45, 7) is 0. The highest BCUT2D eigenvalue weighted by molar-refractivity contribution is 7.74. The van der Waals surface area contributed by atoms with Crippen molar-refractivity contribution in [2.24, 2.45) is 0 Å². The van der Waals surface area contributed by atoms with Crippen LogP contribution in [0.4, 0.5) is 0 Å². The summed E-state index contributed by atoms with van der Waals surface area (Å²) >= 11 is 0. The van der Waals surface area contributed by atoms with Crippen molar-refractivity contribution < 1.29 is 9.09 Å². The first-order valence-corrected chi connectivity index (χ1v) is 6.38. The highest BCUT2D eigenvalue weighted by atomic mass is 31.2. The summed E-state index contributed by atoms with van der Waals surface area (Å²) in [5.74, 6) is 0. The molecule has 0 aliphatic carbocycles. The molecule has 0 aliphatic rings. The second-order valence-corrected chi connectivity index (χ2v) is 5.58. The summed E-state index contributed by atoms with van der Waals surface area (Å²) in [7, 11) is -1.66. The number of hydrogen-bond donors (Lipinski definition) is 0. The summed E-state index contributed by atoms with van der Waals surface area (Å²) in [6, 6.07) is 9.02. The van der Waals surface area contributed by atoms with Gasteiger partial charge in [0.25, 0.3) is 7.37 Å². The van der Waals surface area contributed by atoms with Gasteiger partial charge in [-0.15, -0.1) is 0 Å². The van der Waals surface area contributed by atoms with Gasteiger partial charge >= 0.3 is 0 Å². The van der Waals surface area contributed by atoms with Crippen LogP contribution in [0, 0.1) is 0 Å². The fraction of sp³-hybridized carbons (Fsp3) is 0.0909. The Morgan fingerprint density at radius 3 is 2.50 bits per heavy atom. The van der Waals surface area contributed by atoms with Gasteiger partial charge in [-0.05, 0) is 12.1 Å². The van der Waals surface area contributed by atoms with Crippen LogP contribution in [0.25, 0.3) is 0 Å². The monoisotopic (exact) mass is 234 g/mol. The number of nitrogens with zero attached hydrogens (tertiary/aromatic N) is 2. The Morgan fingerprint density at radius 1 is 1.19 bits per heavy atom. The molecule has 1 heterocycles. The van der Waals surface area contributed by atoms with Crippen molar-refractivity contribution >= 4 is 18.1 Å². The molecule has 0 aliphatic heterocycles. The molecule has 4 nitrogen and oxygen atoms in total. The van der Waals surface area contributed by atoms with E-state index in [4.69, 9.17) is 4.52 Å². The van der Waals surface area contributed by atoms with Crippen LogP contribution in [0.2, 0.25) is 0 Å². The van der Waals surface area contributed by atoms with Gasteiger partial charge in [-0.2, -0.15) is 0 Å². The SMILES string of the molecule is CO[P@@](=O)(c1ccccc1)c1cnccn1. The largest absolute Gasteiger partial charge is 0.324 e. The molecule has 2 aromatic rings. The van der Waals surface area contributed by atoms with E-state index in [0.29, 0.717) is 10.7 Å². The van der Waals surface area contributed by atoms with Crippen molar-refractivity contribution in [1.82, 2.24) is 9.97 Å². The van der Waals surface area contributed by atoms with E-state index in [1.54, 1.807) is 12.1 Å². The Labute approximate surface area is 93.8 Å². The van der Waals surface area contributed by atoms with Crippen molar-refractivity contribution in [3.63, 3.8) is 0 Å². The molecule has 0 radical (unpaired) electrons. The predicted molar refractivity (Wildman–Crippen MR) is 62.4 cm³/mol. The van der Waals surface area contributed by atoms with E-state index in [9.17, 15) is 4.57 Å². The summed E-state index contributed by atoms with van der Waals surface area (Å²) in [4.78, 5) is 7.96. The quantitative estimate of drug-likeness (QED) is 0.752. The molecular formula is C11H11N2O2P. The van der Waals surface area contributed by atoms with Crippen molar-refractivity contribution in [3.05, 3.63) is 48.9 Å². The van der Waals surface area contributed by atoms with E-state index in [1.807, 2.05) is 18.2 Å². The Kier molecular flexibility index (Phi) is 3.13. The lowest BCUT2D eigenvalue weighted by atomic mass is 10.4. The lowest BCUT2D eigenvalue weighted by molar-refractivity contribution is 0.411. The van der Waals surface area contributed by atoms with E-state index in [1.165, 1.54) is 25.7 Å². The van der Waals surface area contributed by atoms with Gasteiger partial charge in [0.05, 0.1) is 6.20 Å². The Bertz CT molecular complexity index is 458. The van der Waals surface area contributed by atoms with Crippen LogP contribution in [0.15, 0.2) is 48.9 Å². The third kappa shape index (κ3) is 1.90. The number of aromatic nitrogens is 2. The molecule has 5 heteroatoms. The van der Waals surface area contributed by atoms with Crippen LogP contribution in [-0.4, -0.2) is 17.1 Å². The summed E-state index contributed by atoms with van der Waals surface area (Å²) in [5.41, 5.74) is 0.365. The molecule has 0 amide bonds. The summed E-state index contributed by atoms with van der Waals surface area (Å²) in [6.07, 6.45) is 4.51. The van der Waals surface area contributed by atoms with E-state index < -0.39 is 7.37 Å². The molecule has 0 unspecified atom stereocenters. The van der Waals surface area contributed by atoms with Gasteiger partial charge in [-0.25, -0.2) is 4.98 Å². The highest BCUT2D eigenvalue weighted by Crippen LogP contribution is 2.42. The second-order valence-electron chi connectivity index (χ2n) is 3.13. The average molecular weight is 234 g/mol. The molecule has 16 heavy (non-hydrogen) atoms. The molecule has 2 rings (SSSR count). The molecule has 0 fully saturated rings. The Hall–Kier alpha value is -1.51. The zero-order valence-electron chi connectivity index (χ0n) is 8.78. The maximum absolute atomic E-state index is 12.7. The minimum Gasteiger partial charge on any atom is -0.324 e. The van der Waals surface area contributed by atoms with Crippen molar-refractivity contribution in [3.8, 4) is 0 Å². The van der Waals surface area contributed by atoms with Gasteiger partial charge in [-0.1, -0.05) is 18.2 Å². The average Bonchev–Trinajstić information content (AvgIpc) is 2.40. The lowest BCUT2D eigenvalue weighted by Crippen LogP contribution is -2.20. The van der Waals surface area contributed by atoms with Crippen molar-refractivity contribution in [2.45, 2.75) is 0 Å². The van der Waals surface area contributed by atoms with Crippen LogP contribution in [-0.2, 0) is 9.09 Å². The van der Waals surface area contributed by atoms with Crippen LogP contribution in [0.3, 0.4) is 0 Å². The minimum absolute atomic E-state index is 0.365. The predicted octanol–water partition coefficient (Wildman–Crippen LogP) is 1.35. The van der Waals surface area contributed by atoms with Crippen molar-refractivity contribution in [1.29, 1.82) is 0 Å². The first kappa shape index (κ1) is 11.0. The maximum Gasteiger partial charge on any atom is 0.280 e. The molecule has 1 aromatic carbocycles. The van der Waals surface area contributed by atoms with Crippen LogP contribution in [0.1, 0.15) is 0 Å². The molecule has 0 bridgehead atoms. The molecule has 1 aromatic heterocycles. The standard InChI is InChI=1S/C11H11N2O2P/c1-15-16(14,10-5-3-2-4-6-10)11-9-12-7-8-13-11/h2-9H,1H3/t16-/m0/s1. The molecule has 0 saturated heterocycles. The number of benzene rings is 1. The van der Waals surface area contributed by atoms with Gasteiger partial charge in [0.1, 0.15) is 5.44 Å². The highest BCUT2D eigenvalue weighted by Gasteiger charge is 2.28. The zero-order chi connectivity index (χ0) is 11.4. The molecule has 0 N–H and O–H groups in total. The van der Waals surface area contributed by atoms with Crippen LogP contribution >= 0.6 is 7.37 Å². The second kappa shape index (κ2) is 4.56. The topological polar surface area (TPSA) is 52.1 Å². The fourth-order valence-electron chi connectivity index (χ4n) is 1.40. The summed E-state index contributed by atoms with van der Waals surface area (Å²) in [5, 5.41) is 0.623. The van der Waals surface area contributed by atoms with Gasteiger partial charge in [0, 0.05) is 24.8 Å². The molecule has 0 saturated carbocycles. The smallest absolute Gasteiger partial charge is 0.280 e. The van der Waals surface area contributed by atoms with E-state index >= 15 is 0 Å². The van der Waals surface area contributed by atoms with Gasteiger partial charge < -0.3 is 4.52 Å². The van der Waals surface area contributed by atoms with E-state index in [0.717, 1.165) is 0 Å². The minimum atomic E-state index is -3.08. The van der Waals surface area contributed by atoms with Crippen LogP contribution < -0.4 is 10.7 Å². The van der Waals surface area contributed by atoms with E-state index in [2.05, 4.69) is 9.97 Å². The Morgan fingerprint density at radius 2 is 1.94 bits per heavy atom. The number of rotatable bonds is 3. The normalized spacial score (nSPS) is 14.3. The van der Waals surface area contributed by atoms with Crippen molar-refractivity contribution in [2.75, 3.05) is 7.11 Å². The first-order chi connectivity index (χ1) is 7.77. The molecular weight excluding hydrogens is 223 g/mol. The molecule has 1 atom stereocenters. The lowest BCUT2D eigenvalue weighted by Gasteiger charge is -2.14. The Balaban J connectivity index is 2.54. The van der Waals surface area contributed by atoms with Gasteiger partial charge in [0.15, 0.2) is 0 Å². The summed E-state index contributed by atoms with van der Waals surface area (Å²) < 4.78 is 17.8. The van der Waals surface area contributed by atoms with Gasteiger partial charge in [-0.3, -0.25) is 9.55 Å². The first-order valence-electron chi connectivity index (χ1n) is 4.75. The van der Waals surface area contributed by atoms with E-state index in [-0.39, 0.29) is 0 Å². The zero-order valence-corrected chi connectivity index (χ0v) is 9.67. The molecule has 82 valence electrons. The van der Waals surface area contributed by atoms with Crippen LogP contribution in [0.5, 0.6) is 0 Å². The maximum atomic E-state index is 12.7.